The van der Waals surface area contributed by atoms with Gasteiger partial charge in [0.15, 0.2) is 6.61 Å². The van der Waals surface area contributed by atoms with Gasteiger partial charge >= 0.3 is 0 Å². The fraction of sp³-hybridized carbons (Fsp3) is 0.174. The molecule has 3 rings (SSSR count). The van der Waals surface area contributed by atoms with Crippen LogP contribution in [0.3, 0.4) is 0 Å². The molecule has 31 heavy (non-hydrogen) atoms. The molecule has 0 unspecified atom stereocenters. The summed E-state index contributed by atoms with van der Waals surface area (Å²) in [6.07, 6.45) is 0.159. The second-order valence-corrected chi connectivity index (χ2v) is 6.97. The molecular formula is C23H23N3O5. The molecule has 3 aromatic carbocycles. The number of phenols is 1. The van der Waals surface area contributed by atoms with Gasteiger partial charge in [0.2, 0.25) is 11.8 Å². The summed E-state index contributed by atoms with van der Waals surface area (Å²) >= 11 is 0. The number of carbonyl (C=O) groups is 3. The number of ether oxygens (including phenoxy) is 1. The van der Waals surface area contributed by atoms with Crippen LogP contribution in [0.15, 0.2) is 66.7 Å². The summed E-state index contributed by atoms with van der Waals surface area (Å²) in [4.78, 5) is 35.9. The quantitative estimate of drug-likeness (QED) is 0.413. The highest BCUT2D eigenvalue weighted by molar-refractivity contribution is 5.91. The van der Waals surface area contributed by atoms with Gasteiger partial charge in [-0.3, -0.25) is 14.4 Å². The molecule has 8 heteroatoms. The van der Waals surface area contributed by atoms with Gasteiger partial charge < -0.3 is 26.2 Å². The summed E-state index contributed by atoms with van der Waals surface area (Å²) in [5.74, 6) is -1.12. The summed E-state index contributed by atoms with van der Waals surface area (Å²) < 4.78 is 5.57. The van der Waals surface area contributed by atoms with Gasteiger partial charge in [0.1, 0.15) is 17.5 Å². The molecule has 160 valence electrons. The van der Waals surface area contributed by atoms with Crippen molar-refractivity contribution < 1.29 is 24.2 Å². The lowest BCUT2D eigenvalue weighted by Crippen LogP contribution is -2.50. The molecule has 3 aromatic rings. The van der Waals surface area contributed by atoms with E-state index in [-0.39, 0.29) is 25.3 Å². The van der Waals surface area contributed by atoms with Crippen LogP contribution in [0.25, 0.3) is 10.8 Å². The third-order valence-electron chi connectivity index (χ3n) is 4.56. The summed E-state index contributed by atoms with van der Waals surface area (Å²) in [6.45, 7) is -0.623. The average Bonchev–Trinajstić information content (AvgIpc) is 2.77. The van der Waals surface area contributed by atoms with E-state index in [4.69, 9.17) is 10.5 Å². The molecular weight excluding hydrogens is 398 g/mol. The Kier molecular flexibility index (Phi) is 7.05. The van der Waals surface area contributed by atoms with Crippen molar-refractivity contribution in [2.45, 2.75) is 12.5 Å². The highest BCUT2D eigenvalue weighted by Crippen LogP contribution is 2.20. The summed E-state index contributed by atoms with van der Waals surface area (Å²) in [7, 11) is 0. The second kappa shape index (κ2) is 10.1. The standard InChI is InChI=1S/C23H23N3O5/c24-21(28)13-25-23(30)20(11-15-5-8-18(27)9-6-15)26-22(29)14-31-19-10-7-16-3-1-2-4-17(16)12-19/h1-10,12,20,27H,11,13-14H2,(H2,24,28)(H,25,30)(H,26,29)/t20-/m0/s1. The number of benzene rings is 3. The van der Waals surface area contributed by atoms with Gasteiger partial charge in [-0.2, -0.15) is 0 Å². The number of nitrogens with one attached hydrogen (secondary N) is 2. The van der Waals surface area contributed by atoms with Crippen LogP contribution >= 0.6 is 0 Å². The van der Waals surface area contributed by atoms with Crippen LogP contribution in [0.1, 0.15) is 5.56 Å². The number of hydrogen-bond donors (Lipinski definition) is 4. The number of amides is 3. The lowest BCUT2D eigenvalue weighted by atomic mass is 10.0. The lowest BCUT2D eigenvalue weighted by Gasteiger charge is -2.18. The first-order chi connectivity index (χ1) is 14.9. The molecule has 8 nitrogen and oxygen atoms in total. The lowest BCUT2D eigenvalue weighted by molar-refractivity contribution is -0.130. The van der Waals surface area contributed by atoms with Crippen LogP contribution in [0, 0.1) is 0 Å². The Morgan fingerprint density at radius 3 is 2.39 bits per heavy atom. The van der Waals surface area contributed by atoms with E-state index in [0.29, 0.717) is 11.3 Å². The molecule has 5 N–H and O–H groups in total. The van der Waals surface area contributed by atoms with Gasteiger partial charge in [0, 0.05) is 6.42 Å². The zero-order chi connectivity index (χ0) is 22.2. The van der Waals surface area contributed by atoms with Crippen LogP contribution in [0.4, 0.5) is 0 Å². The minimum absolute atomic E-state index is 0.0892. The fourth-order valence-corrected chi connectivity index (χ4v) is 3.02. The normalized spacial score (nSPS) is 11.5. The van der Waals surface area contributed by atoms with E-state index < -0.39 is 23.8 Å². The predicted octanol–water partition coefficient (Wildman–Crippen LogP) is 1.25. The first-order valence-corrected chi connectivity index (χ1v) is 9.65. The molecule has 0 saturated heterocycles. The number of rotatable bonds is 9. The van der Waals surface area contributed by atoms with Gasteiger partial charge in [0.05, 0.1) is 6.54 Å². The highest BCUT2D eigenvalue weighted by Gasteiger charge is 2.22. The zero-order valence-corrected chi connectivity index (χ0v) is 16.7. The fourth-order valence-electron chi connectivity index (χ4n) is 3.02. The Morgan fingerprint density at radius 2 is 1.68 bits per heavy atom. The molecule has 0 spiro atoms. The molecule has 0 heterocycles. The largest absolute Gasteiger partial charge is 0.508 e. The molecule has 1 atom stereocenters. The minimum Gasteiger partial charge on any atom is -0.508 e. The van der Waals surface area contributed by atoms with E-state index in [2.05, 4.69) is 10.6 Å². The van der Waals surface area contributed by atoms with Crippen molar-refractivity contribution >= 4 is 28.5 Å². The first kappa shape index (κ1) is 21.6. The third-order valence-corrected chi connectivity index (χ3v) is 4.56. The van der Waals surface area contributed by atoms with Crippen molar-refractivity contribution in [3.05, 3.63) is 72.3 Å². The first-order valence-electron chi connectivity index (χ1n) is 9.65. The molecule has 3 amide bonds. The van der Waals surface area contributed by atoms with E-state index in [9.17, 15) is 19.5 Å². The van der Waals surface area contributed by atoms with E-state index >= 15 is 0 Å². The summed E-state index contributed by atoms with van der Waals surface area (Å²) in [5, 5.41) is 16.5. The summed E-state index contributed by atoms with van der Waals surface area (Å²) in [5.41, 5.74) is 5.79. The van der Waals surface area contributed by atoms with Crippen LogP contribution in [-0.2, 0) is 20.8 Å². The molecule has 0 radical (unpaired) electrons. The molecule has 0 saturated carbocycles. The number of primary amides is 1. The molecule has 0 aliphatic rings. The Hall–Kier alpha value is -4.07. The Balaban J connectivity index is 1.63. The SMILES string of the molecule is NC(=O)CNC(=O)[C@H](Cc1ccc(O)cc1)NC(=O)COc1ccc2ccccc2c1. The smallest absolute Gasteiger partial charge is 0.258 e. The zero-order valence-electron chi connectivity index (χ0n) is 16.7. The van der Waals surface area contributed by atoms with Crippen molar-refractivity contribution in [2.75, 3.05) is 13.2 Å². The van der Waals surface area contributed by atoms with Crippen molar-refractivity contribution in [1.29, 1.82) is 0 Å². The molecule has 0 bridgehead atoms. The number of nitrogens with two attached hydrogens (primary N) is 1. The van der Waals surface area contributed by atoms with Crippen molar-refractivity contribution in [2.24, 2.45) is 5.73 Å². The topological polar surface area (TPSA) is 131 Å². The average molecular weight is 421 g/mol. The van der Waals surface area contributed by atoms with E-state index in [1.165, 1.54) is 12.1 Å². The maximum atomic E-state index is 12.5. The van der Waals surface area contributed by atoms with Crippen LogP contribution in [-0.4, -0.2) is 42.0 Å². The van der Waals surface area contributed by atoms with E-state index in [0.717, 1.165) is 10.8 Å². The van der Waals surface area contributed by atoms with Gasteiger partial charge in [-0.1, -0.05) is 42.5 Å². The number of aromatic hydroxyl groups is 1. The Bertz CT molecular complexity index is 1080. The number of hydrogen-bond acceptors (Lipinski definition) is 5. The Labute approximate surface area is 179 Å². The van der Waals surface area contributed by atoms with Gasteiger partial charge in [-0.15, -0.1) is 0 Å². The van der Waals surface area contributed by atoms with Crippen LogP contribution in [0.2, 0.25) is 0 Å². The molecule has 0 aliphatic heterocycles. The predicted molar refractivity (Wildman–Crippen MR) is 115 cm³/mol. The van der Waals surface area contributed by atoms with Crippen molar-refractivity contribution in [1.82, 2.24) is 10.6 Å². The van der Waals surface area contributed by atoms with Gasteiger partial charge in [-0.05, 0) is 40.6 Å². The second-order valence-electron chi connectivity index (χ2n) is 6.97. The molecule has 0 fully saturated rings. The van der Waals surface area contributed by atoms with Crippen LogP contribution < -0.4 is 21.1 Å². The van der Waals surface area contributed by atoms with Gasteiger partial charge in [-0.25, -0.2) is 0 Å². The monoisotopic (exact) mass is 421 g/mol. The third kappa shape index (κ3) is 6.46. The van der Waals surface area contributed by atoms with Crippen molar-refractivity contribution in [3.63, 3.8) is 0 Å². The Morgan fingerprint density at radius 1 is 0.968 bits per heavy atom. The van der Waals surface area contributed by atoms with Gasteiger partial charge in [0.25, 0.3) is 5.91 Å². The highest BCUT2D eigenvalue weighted by atomic mass is 16.5. The maximum Gasteiger partial charge on any atom is 0.258 e. The maximum absolute atomic E-state index is 12.5. The number of carbonyl (C=O) groups excluding carboxylic acids is 3. The molecule has 0 aromatic heterocycles. The molecule has 0 aliphatic carbocycles. The minimum atomic E-state index is -0.948. The summed E-state index contributed by atoms with van der Waals surface area (Å²) in [6, 6.07) is 18.6. The van der Waals surface area contributed by atoms with Crippen molar-refractivity contribution in [3.8, 4) is 11.5 Å². The number of phenolic OH excluding ortho intramolecular Hbond substituents is 1. The van der Waals surface area contributed by atoms with E-state index in [1.807, 2.05) is 36.4 Å². The van der Waals surface area contributed by atoms with Crippen LogP contribution in [0.5, 0.6) is 11.5 Å². The number of fused-ring (bicyclic) bond motifs is 1. The van der Waals surface area contributed by atoms with E-state index in [1.54, 1.807) is 18.2 Å².